The summed E-state index contributed by atoms with van der Waals surface area (Å²) in [6, 6.07) is 4.30. The number of hydrogen-bond donors (Lipinski definition) is 4. The normalized spacial score (nSPS) is 12.4. The Hall–Kier alpha value is -1.59. The van der Waals surface area contributed by atoms with Crippen molar-refractivity contribution in [3.63, 3.8) is 0 Å². The lowest BCUT2D eigenvalue weighted by Crippen LogP contribution is -2.21. The molecule has 0 aliphatic rings. The van der Waals surface area contributed by atoms with Gasteiger partial charge in [0.1, 0.15) is 0 Å². The highest BCUT2D eigenvalue weighted by Crippen LogP contribution is 2.17. The molecule has 0 aromatic heterocycles. The van der Waals surface area contributed by atoms with E-state index in [0.717, 1.165) is 0 Å². The van der Waals surface area contributed by atoms with Crippen molar-refractivity contribution in [3.8, 4) is 0 Å². The lowest BCUT2D eigenvalue weighted by Gasteiger charge is -2.10. The first kappa shape index (κ1) is 10.5. The molecule has 0 aliphatic heterocycles. The molecule has 5 nitrogen and oxygen atoms in total. The van der Waals surface area contributed by atoms with Crippen molar-refractivity contribution in [2.45, 2.75) is 6.04 Å². The number of anilines is 1. The molecule has 1 atom stereocenters. The van der Waals surface area contributed by atoms with Gasteiger partial charge in [-0.3, -0.25) is 0 Å². The molecule has 1 aromatic rings. The molecule has 0 bridgehead atoms. The van der Waals surface area contributed by atoms with Crippen LogP contribution in [-0.4, -0.2) is 17.6 Å². The van der Waals surface area contributed by atoms with Gasteiger partial charge in [-0.05, 0) is 17.7 Å². The van der Waals surface area contributed by atoms with Crippen LogP contribution < -0.4 is 17.2 Å². The van der Waals surface area contributed by atoms with Gasteiger partial charge in [-0.2, -0.15) is 0 Å². The number of carboxylic acid groups (broad SMARTS) is 1. The lowest BCUT2D eigenvalue weighted by atomic mass is 10.0. The van der Waals surface area contributed by atoms with Crippen molar-refractivity contribution in [2.75, 3.05) is 12.3 Å². The van der Waals surface area contributed by atoms with Crippen LogP contribution in [0.2, 0.25) is 0 Å². The number of hydrogen-bond acceptors (Lipinski definition) is 4. The number of aromatic carboxylic acids is 1. The number of nitrogen functional groups attached to an aromatic ring is 1. The van der Waals surface area contributed by atoms with E-state index in [9.17, 15) is 4.79 Å². The predicted octanol–water partition coefficient (Wildman–Crippen LogP) is -0.0745. The minimum atomic E-state index is -1.06. The molecular formula is C9H13N3O2. The zero-order chi connectivity index (χ0) is 10.7. The third kappa shape index (κ3) is 2.01. The number of nitrogens with two attached hydrogens (primary N) is 3. The van der Waals surface area contributed by atoms with E-state index in [-0.39, 0.29) is 23.8 Å². The topological polar surface area (TPSA) is 115 Å². The predicted molar refractivity (Wildman–Crippen MR) is 53.8 cm³/mol. The van der Waals surface area contributed by atoms with E-state index in [1.54, 1.807) is 6.07 Å². The molecule has 0 fully saturated rings. The Balaban J connectivity index is 3.12. The van der Waals surface area contributed by atoms with Crippen LogP contribution in [0.25, 0.3) is 0 Å². The molecule has 14 heavy (non-hydrogen) atoms. The van der Waals surface area contributed by atoms with Crippen LogP contribution in [0.1, 0.15) is 22.0 Å². The van der Waals surface area contributed by atoms with Crippen LogP contribution in [-0.2, 0) is 0 Å². The minimum absolute atomic E-state index is 0.0615. The monoisotopic (exact) mass is 195 g/mol. The quantitative estimate of drug-likeness (QED) is 0.504. The average molecular weight is 195 g/mol. The summed E-state index contributed by atoms with van der Waals surface area (Å²) in [6.07, 6.45) is 0. The molecule has 5 heteroatoms. The van der Waals surface area contributed by atoms with E-state index in [1.165, 1.54) is 12.1 Å². The first-order valence-electron chi connectivity index (χ1n) is 4.14. The van der Waals surface area contributed by atoms with Gasteiger partial charge in [-0.15, -0.1) is 0 Å². The molecule has 0 radical (unpaired) electrons. The fraction of sp³-hybridized carbons (Fsp3) is 0.222. The summed E-state index contributed by atoms with van der Waals surface area (Å²) in [5.74, 6) is -1.06. The van der Waals surface area contributed by atoms with Crippen LogP contribution in [0, 0.1) is 0 Å². The first-order chi connectivity index (χ1) is 6.56. The summed E-state index contributed by atoms with van der Waals surface area (Å²) in [5, 5.41) is 8.79. The zero-order valence-corrected chi connectivity index (χ0v) is 7.60. The summed E-state index contributed by atoms with van der Waals surface area (Å²) < 4.78 is 0. The summed E-state index contributed by atoms with van der Waals surface area (Å²) >= 11 is 0. The van der Waals surface area contributed by atoms with Crippen LogP contribution in [0.3, 0.4) is 0 Å². The van der Waals surface area contributed by atoms with Gasteiger partial charge < -0.3 is 22.3 Å². The van der Waals surface area contributed by atoms with E-state index >= 15 is 0 Å². The van der Waals surface area contributed by atoms with Crippen molar-refractivity contribution in [1.82, 2.24) is 0 Å². The third-order valence-corrected chi connectivity index (χ3v) is 1.99. The molecule has 76 valence electrons. The van der Waals surface area contributed by atoms with Crippen molar-refractivity contribution in [3.05, 3.63) is 29.3 Å². The number of carboxylic acids is 1. The van der Waals surface area contributed by atoms with E-state index in [4.69, 9.17) is 22.3 Å². The minimum Gasteiger partial charge on any atom is -0.478 e. The highest BCUT2D eigenvalue weighted by atomic mass is 16.4. The van der Waals surface area contributed by atoms with Crippen LogP contribution in [0.15, 0.2) is 18.2 Å². The molecule has 0 saturated heterocycles. The van der Waals surface area contributed by atoms with Gasteiger partial charge in [0.2, 0.25) is 0 Å². The Morgan fingerprint density at radius 1 is 1.50 bits per heavy atom. The van der Waals surface area contributed by atoms with Crippen molar-refractivity contribution in [2.24, 2.45) is 11.5 Å². The molecule has 0 amide bonds. The summed E-state index contributed by atoms with van der Waals surface area (Å²) in [7, 11) is 0. The maximum atomic E-state index is 10.7. The van der Waals surface area contributed by atoms with Gasteiger partial charge in [-0.1, -0.05) is 6.07 Å². The molecule has 0 aliphatic carbocycles. The van der Waals surface area contributed by atoms with Crippen LogP contribution in [0.4, 0.5) is 5.69 Å². The summed E-state index contributed by atoms with van der Waals surface area (Å²) in [5.41, 5.74) is 17.5. The molecule has 0 heterocycles. The van der Waals surface area contributed by atoms with Gasteiger partial charge >= 0.3 is 5.97 Å². The highest BCUT2D eigenvalue weighted by molar-refractivity contribution is 5.93. The fourth-order valence-electron chi connectivity index (χ4n) is 1.13. The Kier molecular flexibility index (Phi) is 3.06. The molecule has 1 rings (SSSR count). The third-order valence-electron chi connectivity index (χ3n) is 1.99. The highest BCUT2D eigenvalue weighted by Gasteiger charge is 2.11. The van der Waals surface area contributed by atoms with Crippen molar-refractivity contribution < 1.29 is 9.90 Å². The van der Waals surface area contributed by atoms with Gasteiger partial charge in [0.05, 0.1) is 5.56 Å². The zero-order valence-electron chi connectivity index (χ0n) is 7.60. The number of benzene rings is 1. The second-order valence-electron chi connectivity index (χ2n) is 2.99. The van der Waals surface area contributed by atoms with Crippen molar-refractivity contribution >= 4 is 11.7 Å². The second kappa shape index (κ2) is 4.08. The van der Waals surface area contributed by atoms with Gasteiger partial charge in [-0.25, -0.2) is 4.79 Å². The molecule has 0 spiro atoms. The van der Waals surface area contributed by atoms with E-state index < -0.39 is 5.97 Å². The molecular weight excluding hydrogens is 182 g/mol. The van der Waals surface area contributed by atoms with Gasteiger partial charge in [0.15, 0.2) is 0 Å². The Morgan fingerprint density at radius 2 is 2.14 bits per heavy atom. The molecule has 1 unspecified atom stereocenters. The van der Waals surface area contributed by atoms with E-state index in [0.29, 0.717) is 5.56 Å². The van der Waals surface area contributed by atoms with Gasteiger partial charge in [0.25, 0.3) is 0 Å². The standard InChI is InChI=1S/C9H13N3O2/c10-4-8(12)5-1-2-7(11)6(3-5)9(13)14/h1-3,8H,4,10-12H2,(H,13,14). The van der Waals surface area contributed by atoms with E-state index in [1.807, 2.05) is 0 Å². The fourth-order valence-corrected chi connectivity index (χ4v) is 1.13. The van der Waals surface area contributed by atoms with Crippen molar-refractivity contribution in [1.29, 1.82) is 0 Å². The molecule has 0 saturated carbocycles. The van der Waals surface area contributed by atoms with Crippen LogP contribution >= 0.6 is 0 Å². The summed E-state index contributed by atoms with van der Waals surface area (Å²) in [6.45, 7) is 0.267. The second-order valence-corrected chi connectivity index (χ2v) is 2.99. The van der Waals surface area contributed by atoms with E-state index in [2.05, 4.69) is 0 Å². The maximum absolute atomic E-state index is 10.7. The lowest BCUT2D eigenvalue weighted by molar-refractivity contribution is 0.0698. The molecule has 1 aromatic carbocycles. The SMILES string of the molecule is NCC(N)c1ccc(N)c(C(=O)O)c1. The Bertz CT molecular complexity index is 352. The summed E-state index contributed by atoms with van der Waals surface area (Å²) in [4.78, 5) is 10.7. The Labute approximate surface area is 81.5 Å². The van der Waals surface area contributed by atoms with Gasteiger partial charge in [0, 0.05) is 18.3 Å². The maximum Gasteiger partial charge on any atom is 0.337 e. The molecule has 7 N–H and O–H groups in total. The first-order valence-corrected chi connectivity index (χ1v) is 4.14. The number of rotatable bonds is 3. The van der Waals surface area contributed by atoms with Crippen LogP contribution in [0.5, 0.6) is 0 Å². The largest absolute Gasteiger partial charge is 0.478 e. The average Bonchev–Trinajstić information content (AvgIpc) is 2.17. The smallest absolute Gasteiger partial charge is 0.337 e. The Morgan fingerprint density at radius 3 is 2.64 bits per heavy atom. The number of carbonyl (C=O) groups is 1.